The van der Waals surface area contributed by atoms with Gasteiger partial charge >= 0.3 is 0 Å². The van der Waals surface area contributed by atoms with Crippen LogP contribution in [0.25, 0.3) is 0 Å². The number of aromatic nitrogens is 2. The van der Waals surface area contributed by atoms with Gasteiger partial charge in [0.2, 0.25) is 0 Å². The smallest absolute Gasteiger partial charge is 0.257 e. The molecule has 0 spiro atoms. The Morgan fingerprint density at radius 2 is 2.20 bits per heavy atom. The summed E-state index contributed by atoms with van der Waals surface area (Å²) in [6, 6.07) is 0. The minimum Gasteiger partial charge on any atom is -0.336 e. The van der Waals surface area contributed by atoms with Crippen LogP contribution in [0.4, 0.5) is 0 Å². The maximum Gasteiger partial charge on any atom is 0.257 e. The van der Waals surface area contributed by atoms with Gasteiger partial charge in [0.25, 0.3) is 5.91 Å². The molecule has 0 saturated carbocycles. The minimum absolute atomic E-state index is 0.0367. The number of carbonyl (C=O) groups excluding carboxylic acids is 1. The van der Waals surface area contributed by atoms with Crippen LogP contribution in [0.1, 0.15) is 16.1 Å². The summed E-state index contributed by atoms with van der Waals surface area (Å²) < 4.78 is 0. The van der Waals surface area contributed by atoms with E-state index in [4.69, 9.17) is 0 Å². The summed E-state index contributed by atoms with van der Waals surface area (Å²) in [6.07, 6.45) is 3.05. The van der Waals surface area contributed by atoms with Gasteiger partial charge in [0.05, 0.1) is 11.3 Å². The van der Waals surface area contributed by atoms with Crippen LogP contribution >= 0.6 is 0 Å². The Labute approximate surface area is 88.5 Å². The zero-order chi connectivity index (χ0) is 10.7. The molecule has 1 fully saturated rings. The number of nitrogens with zero attached hydrogens (tertiary/aromatic N) is 3. The van der Waals surface area contributed by atoms with Crippen LogP contribution in [-0.4, -0.2) is 47.0 Å². The van der Waals surface area contributed by atoms with Gasteiger partial charge in [-0.25, -0.2) is 9.97 Å². The van der Waals surface area contributed by atoms with Gasteiger partial charge in [-0.2, -0.15) is 0 Å². The van der Waals surface area contributed by atoms with Gasteiger partial charge in [-0.05, 0) is 6.92 Å². The molecule has 0 aromatic carbocycles. The summed E-state index contributed by atoms with van der Waals surface area (Å²) in [5.74, 6) is 0.0367. The fourth-order valence-electron chi connectivity index (χ4n) is 1.64. The molecule has 1 saturated heterocycles. The van der Waals surface area contributed by atoms with Crippen molar-refractivity contribution in [3.8, 4) is 0 Å². The Kier molecular flexibility index (Phi) is 2.91. The number of rotatable bonds is 1. The van der Waals surface area contributed by atoms with E-state index in [-0.39, 0.29) is 5.91 Å². The molecular weight excluding hydrogens is 192 g/mol. The zero-order valence-corrected chi connectivity index (χ0v) is 8.73. The second-order valence-electron chi connectivity index (χ2n) is 3.56. The predicted molar refractivity (Wildman–Crippen MR) is 55.5 cm³/mol. The molecule has 1 aliphatic rings. The molecule has 0 radical (unpaired) electrons. The number of carbonyl (C=O) groups is 1. The molecule has 2 rings (SSSR count). The average molecular weight is 206 g/mol. The van der Waals surface area contributed by atoms with Crippen LogP contribution < -0.4 is 5.32 Å². The molecule has 1 N–H and O–H groups in total. The molecule has 0 bridgehead atoms. The third-order valence-electron chi connectivity index (χ3n) is 2.55. The van der Waals surface area contributed by atoms with E-state index in [1.807, 2.05) is 11.8 Å². The lowest BCUT2D eigenvalue weighted by Gasteiger charge is -2.27. The summed E-state index contributed by atoms with van der Waals surface area (Å²) >= 11 is 0. The standard InChI is InChI=1S/C10H14N4O/c1-8-9(6-12-7-13-8)10(15)14-4-2-11-3-5-14/h6-7,11H,2-5H2,1H3. The second kappa shape index (κ2) is 4.35. The first-order valence-electron chi connectivity index (χ1n) is 5.05. The summed E-state index contributed by atoms with van der Waals surface area (Å²) in [5.41, 5.74) is 1.35. The molecule has 1 amide bonds. The van der Waals surface area contributed by atoms with Crippen LogP contribution in [0, 0.1) is 6.92 Å². The van der Waals surface area contributed by atoms with Crippen molar-refractivity contribution in [3.05, 3.63) is 23.8 Å². The third kappa shape index (κ3) is 2.12. The van der Waals surface area contributed by atoms with E-state index in [9.17, 15) is 4.79 Å². The summed E-state index contributed by atoms with van der Waals surface area (Å²) in [4.78, 5) is 21.8. The molecule has 2 heterocycles. The zero-order valence-electron chi connectivity index (χ0n) is 8.73. The first kappa shape index (κ1) is 10.0. The van der Waals surface area contributed by atoms with Crippen LogP contribution in [0.15, 0.2) is 12.5 Å². The number of amides is 1. The van der Waals surface area contributed by atoms with Gasteiger partial charge in [-0.1, -0.05) is 0 Å². The highest BCUT2D eigenvalue weighted by molar-refractivity contribution is 5.94. The van der Waals surface area contributed by atoms with Crippen LogP contribution in [-0.2, 0) is 0 Å². The Hall–Kier alpha value is -1.49. The van der Waals surface area contributed by atoms with Crippen molar-refractivity contribution in [3.63, 3.8) is 0 Å². The first-order valence-corrected chi connectivity index (χ1v) is 5.05. The Morgan fingerprint density at radius 1 is 1.47 bits per heavy atom. The average Bonchev–Trinajstić information content (AvgIpc) is 2.30. The molecule has 1 aromatic heterocycles. The Bertz CT molecular complexity index is 360. The SMILES string of the molecule is Cc1ncncc1C(=O)N1CCNCC1. The molecule has 0 aliphatic carbocycles. The van der Waals surface area contributed by atoms with Crippen molar-refractivity contribution in [1.82, 2.24) is 20.2 Å². The van der Waals surface area contributed by atoms with Gasteiger partial charge in [-0.3, -0.25) is 4.79 Å². The van der Waals surface area contributed by atoms with E-state index in [1.54, 1.807) is 6.20 Å². The highest BCUT2D eigenvalue weighted by Crippen LogP contribution is 2.07. The maximum absolute atomic E-state index is 12.0. The predicted octanol–water partition coefficient (Wildman–Crippen LogP) is -0.170. The molecule has 0 atom stereocenters. The Balaban J connectivity index is 2.16. The van der Waals surface area contributed by atoms with Gasteiger partial charge in [-0.15, -0.1) is 0 Å². The highest BCUT2D eigenvalue weighted by Gasteiger charge is 2.19. The van der Waals surface area contributed by atoms with Crippen molar-refractivity contribution >= 4 is 5.91 Å². The van der Waals surface area contributed by atoms with Crippen molar-refractivity contribution < 1.29 is 4.79 Å². The van der Waals surface area contributed by atoms with E-state index in [2.05, 4.69) is 15.3 Å². The molecule has 0 unspecified atom stereocenters. The lowest BCUT2D eigenvalue weighted by atomic mass is 10.2. The van der Waals surface area contributed by atoms with Gasteiger partial charge < -0.3 is 10.2 Å². The van der Waals surface area contributed by atoms with E-state index in [1.165, 1.54) is 6.33 Å². The lowest BCUT2D eigenvalue weighted by molar-refractivity contribution is 0.0734. The van der Waals surface area contributed by atoms with Crippen molar-refractivity contribution in [2.45, 2.75) is 6.92 Å². The molecule has 1 aliphatic heterocycles. The minimum atomic E-state index is 0.0367. The van der Waals surface area contributed by atoms with Crippen LogP contribution in [0.5, 0.6) is 0 Å². The van der Waals surface area contributed by atoms with Crippen LogP contribution in [0.3, 0.4) is 0 Å². The molecule has 1 aromatic rings. The quantitative estimate of drug-likeness (QED) is 0.693. The maximum atomic E-state index is 12.0. The van der Waals surface area contributed by atoms with Crippen molar-refractivity contribution in [1.29, 1.82) is 0 Å². The second-order valence-corrected chi connectivity index (χ2v) is 3.56. The summed E-state index contributed by atoms with van der Waals surface area (Å²) in [6.45, 7) is 5.06. The van der Waals surface area contributed by atoms with E-state index >= 15 is 0 Å². The molecule has 5 nitrogen and oxygen atoms in total. The van der Waals surface area contributed by atoms with Gasteiger partial charge in [0.15, 0.2) is 0 Å². The summed E-state index contributed by atoms with van der Waals surface area (Å²) in [7, 11) is 0. The normalized spacial score (nSPS) is 16.5. The van der Waals surface area contributed by atoms with Gasteiger partial charge in [0.1, 0.15) is 6.33 Å². The van der Waals surface area contributed by atoms with Gasteiger partial charge in [0, 0.05) is 32.4 Å². The van der Waals surface area contributed by atoms with E-state index in [0.717, 1.165) is 31.9 Å². The highest BCUT2D eigenvalue weighted by atomic mass is 16.2. The van der Waals surface area contributed by atoms with Crippen LogP contribution in [0.2, 0.25) is 0 Å². The molecule has 15 heavy (non-hydrogen) atoms. The topological polar surface area (TPSA) is 58.1 Å². The Morgan fingerprint density at radius 3 is 2.87 bits per heavy atom. The largest absolute Gasteiger partial charge is 0.336 e. The number of nitrogens with one attached hydrogen (secondary N) is 1. The van der Waals surface area contributed by atoms with E-state index in [0.29, 0.717) is 5.56 Å². The number of hydrogen-bond donors (Lipinski definition) is 1. The molecule has 5 heteroatoms. The third-order valence-corrected chi connectivity index (χ3v) is 2.55. The molecule has 80 valence electrons. The number of aryl methyl sites for hydroxylation is 1. The van der Waals surface area contributed by atoms with Crippen molar-refractivity contribution in [2.24, 2.45) is 0 Å². The summed E-state index contributed by atoms with van der Waals surface area (Å²) in [5, 5.41) is 3.21. The number of hydrogen-bond acceptors (Lipinski definition) is 4. The number of piperazine rings is 1. The lowest BCUT2D eigenvalue weighted by Crippen LogP contribution is -2.46. The monoisotopic (exact) mass is 206 g/mol. The van der Waals surface area contributed by atoms with E-state index < -0.39 is 0 Å². The first-order chi connectivity index (χ1) is 7.29. The molecular formula is C10H14N4O. The fraction of sp³-hybridized carbons (Fsp3) is 0.500. The fourth-order valence-corrected chi connectivity index (χ4v) is 1.64. The van der Waals surface area contributed by atoms with Crippen molar-refractivity contribution in [2.75, 3.05) is 26.2 Å².